The van der Waals surface area contributed by atoms with E-state index >= 15 is 0 Å². The summed E-state index contributed by atoms with van der Waals surface area (Å²) >= 11 is 0. The van der Waals surface area contributed by atoms with E-state index < -0.39 is 10.0 Å². The zero-order chi connectivity index (χ0) is 17.2. The van der Waals surface area contributed by atoms with E-state index in [2.05, 4.69) is 20.8 Å². The second-order valence-corrected chi connectivity index (χ2v) is 7.60. The molecule has 2 amide bonds. The molecule has 24 heavy (non-hydrogen) atoms. The topological polar surface area (TPSA) is 116 Å². The number of hydrogen-bond donors (Lipinski definition) is 3. The van der Waals surface area contributed by atoms with E-state index in [4.69, 9.17) is 4.74 Å². The highest BCUT2D eigenvalue weighted by atomic mass is 32.2. The summed E-state index contributed by atoms with van der Waals surface area (Å²) in [6.07, 6.45) is 2.48. The zero-order valence-corrected chi connectivity index (χ0v) is 14.0. The second kappa shape index (κ2) is 6.75. The van der Waals surface area contributed by atoms with Gasteiger partial charge in [0.1, 0.15) is 0 Å². The molecule has 1 aliphatic heterocycles. The summed E-state index contributed by atoms with van der Waals surface area (Å²) in [6, 6.07) is 5.02. The highest BCUT2D eigenvalue weighted by Crippen LogP contribution is 2.16. The van der Waals surface area contributed by atoms with Crippen LogP contribution in [0.4, 0.5) is 10.5 Å². The van der Waals surface area contributed by atoms with E-state index in [1.165, 1.54) is 10.6 Å². The normalized spacial score (nSPS) is 19.3. The Hall–Kier alpha value is -2.17. The van der Waals surface area contributed by atoms with Gasteiger partial charge in [-0.2, -0.15) is 9.40 Å². The number of rotatable bonds is 4. The molecule has 0 saturated carbocycles. The molecule has 1 fully saturated rings. The summed E-state index contributed by atoms with van der Waals surface area (Å²) in [5, 5.41) is 13.1. The number of sulfonamides is 1. The second-order valence-electron chi connectivity index (χ2n) is 5.62. The Bertz CT molecular complexity index is 835. The fraction of sp³-hybridized carbons (Fsp3) is 0.429. The van der Waals surface area contributed by atoms with Crippen molar-refractivity contribution >= 4 is 32.6 Å². The number of nitrogens with zero attached hydrogens (tertiary/aromatic N) is 2. The molecule has 2 heterocycles. The molecule has 1 atom stereocenters. The first-order valence-corrected chi connectivity index (χ1v) is 9.31. The van der Waals surface area contributed by atoms with E-state index in [1.807, 2.05) is 6.07 Å². The molecule has 2 aromatic rings. The summed E-state index contributed by atoms with van der Waals surface area (Å²) < 4.78 is 30.0. The van der Waals surface area contributed by atoms with Gasteiger partial charge in [-0.3, -0.25) is 5.10 Å². The number of anilines is 1. The maximum absolute atomic E-state index is 12.0. The van der Waals surface area contributed by atoms with Crippen molar-refractivity contribution in [3.05, 3.63) is 24.4 Å². The van der Waals surface area contributed by atoms with E-state index in [0.717, 1.165) is 10.9 Å². The Balaban J connectivity index is 1.51. The van der Waals surface area contributed by atoms with Crippen molar-refractivity contribution < 1.29 is 17.9 Å². The smallest absolute Gasteiger partial charge is 0.319 e. The summed E-state index contributed by atoms with van der Waals surface area (Å²) in [5.41, 5.74) is 1.53. The first-order chi connectivity index (χ1) is 11.4. The lowest BCUT2D eigenvalue weighted by Crippen LogP contribution is -2.49. The Labute approximate surface area is 139 Å². The predicted octanol–water partition coefficient (Wildman–Crippen LogP) is 0.345. The molecule has 10 heteroatoms. The van der Waals surface area contributed by atoms with Crippen LogP contribution in [-0.2, 0) is 14.8 Å². The average molecular weight is 353 g/mol. The van der Waals surface area contributed by atoms with Gasteiger partial charge in [0.2, 0.25) is 10.0 Å². The number of urea groups is 1. The number of carbonyl (C=O) groups is 1. The van der Waals surface area contributed by atoms with Crippen molar-refractivity contribution in [2.24, 2.45) is 0 Å². The van der Waals surface area contributed by atoms with Gasteiger partial charge in [-0.1, -0.05) is 0 Å². The molecule has 0 radical (unpaired) electrons. The quantitative estimate of drug-likeness (QED) is 0.733. The van der Waals surface area contributed by atoms with Crippen molar-refractivity contribution in [2.75, 3.05) is 37.8 Å². The molecular weight excluding hydrogens is 334 g/mol. The lowest BCUT2D eigenvalue weighted by molar-refractivity contribution is 0.00167. The number of ether oxygens (including phenoxy) is 1. The average Bonchev–Trinajstić information content (AvgIpc) is 3.00. The number of nitrogens with one attached hydrogen (secondary N) is 3. The van der Waals surface area contributed by atoms with Gasteiger partial charge >= 0.3 is 6.03 Å². The fourth-order valence-electron chi connectivity index (χ4n) is 2.52. The number of hydrogen-bond acceptors (Lipinski definition) is 5. The van der Waals surface area contributed by atoms with Crippen LogP contribution < -0.4 is 10.6 Å². The van der Waals surface area contributed by atoms with E-state index in [9.17, 15) is 13.2 Å². The predicted molar refractivity (Wildman–Crippen MR) is 89.3 cm³/mol. The molecule has 9 nitrogen and oxygen atoms in total. The third-order valence-corrected chi connectivity index (χ3v) is 5.03. The third kappa shape index (κ3) is 4.02. The first-order valence-electron chi connectivity index (χ1n) is 7.46. The van der Waals surface area contributed by atoms with Crippen LogP contribution in [-0.4, -0.2) is 67.6 Å². The van der Waals surface area contributed by atoms with Crippen molar-refractivity contribution in [3.63, 3.8) is 0 Å². The molecule has 0 unspecified atom stereocenters. The summed E-state index contributed by atoms with van der Waals surface area (Å²) in [4.78, 5) is 12.0. The monoisotopic (exact) mass is 353 g/mol. The molecular formula is C14H19N5O4S. The standard InChI is InChI=1S/C14H19N5O4S/c1-24(21,22)19-4-5-23-12(9-19)8-15-14(20)17-11-2-3-13-10(6-11)7-16-18-13/h2-3,6-7,12H,4-5,8-9H2,1H3,(H,16,18)(H2,15,17,20)/t12-/m1/s1. The van der Waals surface area contributed by atoms with Crippen LogP contribution in [0, 0.1) is 0 Å². The van der Waals surface area contributed by atoms with Crippen LogP contribution in [0.3, 0.4) is 0 Å². The molecule has 0 aliphatic carbocycles. The van der Waals surface area contributed by atoms with Crippen LogP contribution in [0.5, 0.6) is 0 Å². The highest BCUT2D eigenvalue weighted by molar-refractivity contribution is 7.88. The Morgan fingerprint density at radius 3 is 3.12 bits per heavy atom. The van der Waals surface area contributed by atoms with Crippen LogP contribution >= 0.6 is 0 Å². The molecule has 1 aliphatic rings. The number of aromatic nitrogens is 2. The molecule has 1 saturated heterocycles. The zero-order valence-electron chi connectivity index (χ0n) is 13.2. The highest BCUT2D eigenvalue weighted by Gasteiger charge is 2.26. The fourth-order valence-corrected chi connectivity index (χ4v) is 3.36. The summed E-state index contributed by atoms with van der Waals surface area (Å²) in [5.74, 6) is 0. The Morgan fingerprint density at radius 2 is 2.33 bits per heavy atom. The van der Waals surface area contributed by atoms with Gasteiger partial charge in [-0.15, -0.1) is 0 Å². The van der Waals surface area contributed by atoms with E-state index in [1.54, 1.807) is 18.3 Å². The Kier molecular flexibility index (Phi) is 4.69. The Morgan fingerprint density at radius 1 is 1.50 bits per heavy atom. The first kappa shape index (κ1) is 16.7. The number of fused-ring (bicyclic) bond motifs is 1. The number of carbonyl (C=O) groups excluding carboxylic acids is 1. The molecule has 0 bridgehead atoms. The van der Waals surface area contributed by atoms with Crippen molar-refractivity contribution in [1.29, 1.82) is 0 Å². The van der Waals surface area contributed by atoms with Crippen LogP contribution in [0.25, 0.3) is 10.9 Å². The molecule has 130 valence electrons. The van der Waals surface area contributed by atoms with Crippen molar-refractivity contribution in [1.82, 2.24) is 19.8 Å². The van der Waals surface area contributed by atoms with Gasteiger partial charge in [0, 0.05) is 30.7 Å². The molecule has 3 N–H and O–H groups in total. The van der Waals surface area contributed by atoms with Crippen LogP contribution in [0.15, 0.2) is 24.4 Å². The number of morpholine rings is 1. The minimum atomic E-state index is -3.25. The van der Waals surface area contributed by atoms with Gasteiger partial charge in [0.05, 0.1) is 30.7 Å². The number of amides is 2. The number of benzene rings is 1. The maximum atomic E-state index is 12.0. The molecule has 1 aromatic heterocycles. The van der Waals surface area contributed by atoms with Gasteiger partial charge in [0.25, 0.3) is 0 Å². The van der Waals surface area contributed by atoms with Gasteiger partial charge in [0.15, 0.2) is 0 Å². The third-order valence-electron chi connectivity index (χ3n) is 3.76. The lowest BCUT2D eigenvalue weighted by Gasteiger charge is -2.31. The minimum Gasteiger partial charge on any atom is -0.374 e. The van der Waals surface area contributed by atoms with Crippen LogP contribution in [0.1, 0.15) is 0 Å². The summed E-state index contributed by atoms with van der Waals surface area (Å²) in [7, 11) is -3.25. The maximum Gasteiger partial charge on any atom is 0.319 e. The van der Waals surface area contributed by atoms with Gasteiger partial charge in [-0.05, 0) is 18.2 Å². The largest absolute Gasteiger partial charge is 0.374 e. The van der Waals surface area contributed by atoms with Gasteiger partial charge in [-0.25, -0.2) is 13.2 Å². The van der Waals surface area contributed by atoms with Crippen LogP contribution in [0.2, 0.25) is 0 Å². The molecule has 1 aromatic carbocycles. The van der Waals surface area contributed by atoms with Crippen molar-refractivity contribution in [2.45, 2.75) is 6.10 Å². The molecule has 0 spiro atoms. The SMILES string of the molecule is CS(=O)(=O)N1CCO[C@H](CNC(=O)Nc2ccc3[nH]ncc3c2)C1. The van der Waals surface area contributed by atoms with E-state index in [-0.39, 0.29) is 25.2 Å². The molecule has 3 rings (SSSR count). The summed E-state index contributed by atoms with van der Waals surface area (Å²) in [6.45, 7) is 1.12. The number of H-pyrrole nitrogens is 1. The number of aromatic amines is 1. The van der Waals surface area contributed by atoms with E-state index in [0.29, 0.717) is 18.8 Å². The lowest BCUT2D eigenvalue weighted by atomic mass is 10.2. The minimum absolute atomic E-state index is 0.228. The van der Waals surface area contributed by atoms with Crippen molar-refractivity contribution in [3.8, 4) is 0 Å². The van der Waals surface area contributed by atoms with Gasteiger partial charge < -0.3 is 15.4 Å².